The van der Waals surface area contributed by atoms with Crippen LogP contribution in [-0.2, 0) is 0 Å². The van der Waals surface area contributed by atoms with Crippen LogP contribution in [0, 0.1) is 0 Å². The molecule has 0 bridgehead atoms. The van der Waals surface area contributed by atoms with E-state index in [4.69, 9.17) is 0 Å². The van der Waals surface area contributed by atoms with Gasteiger partial charge in [-0.2, -0.15) is 5.10 Å². The molecule has 1 unspecified atom stereocenters. The van der Waals surface area contributed by atoms with Gasteiger partial charge in [0.05, 0.1) is 6.04 Å². The lowest BCUT2D eigenvalue weighted by molar-refractivity contribution is 0.0894. The van der Waals surface area contributed by atoms with E-state index in [-0.39, 0.29) is 11.4 Å². The molecule has 1 atom stereocenters. The van der Waals surface area contributed by atoms with Gasteiger partial charge in [-0.25, -0.2) is 0 Å². The molecule has 20 heavy (non-hydrogen) atoms. The average Bonchev–Trinajstić information content (AvgIpc) is 2.98. The van der Waals surface area contributed by atoms with Gasteiger partial charge in [0.25, 0.3) is 5.91 Å². The fourth-order valence-electron chi connectivity index (χ4n) is 2.49. The van der Waals surface area contributed by atoms with Gasteiger partial charge in [-0.05, 0) is 45.2 Å². The summed E-state index contributed by atoms with van der Waals surface area (Å²) in [6.45, 7) is 8.28. The highest BCUT2D eigenvalue weighted by atomic mass is 16.2. The summed E-state index contributed by atoms with van der Waals surface area (Å²) in [6.07, 6.45) is 6.04. The second-order valence-electron chi connectivity index (χ2n) is 5.90. The molecule has 1 saturated heterocycles. The summed E-state index contributed by atoms with van der Waals surface area (Å²) in [5.74, 6) is -0.0706. The lowest BCUT2D eigenvalue weighted by Gasteiger charge is -2.27. The van der Waals surface area contributed by atoms with Crippen molar-refractivity contribution in [3.8, 4) is 0 Å². The SMILES string of the molecule is CCC(C)(CC)NC(=O)c1ccn(C2CCCNC2)n1. The predicted octanol–water partition coefficient (Wildman–Crippen LogP) is 2.12. The zero-order valence-electron chi connectivity index (χ0n) is 12.8. The van der Waals surface area contributed by atoms with E-state index in [9.17, 15) is 4.79 Å². The highest BCUT2D eigenvalue weighted by Gasteiger charge is 2.24. The molecule has 2 heterocycles. The maximum absolute atomic E-state index is 12.3. The first kappa shape index (κ1) is 15.0. The summed E-state index contributed by atoms with van der Waals surface area (Å²) >= 11 is 0. The monoisotopic (exact) mass is 278 g/mol. The molecule has 1 aromatic heterocycles. The Labute approximate surface area is 121 Å². The Kier molecular flexibility index (Phi) is 4.81. The Morgan fingerprint density at radius 2 is 2.30 bits per heavy atom. The zero-order chi connectivity index (χ0) is 14.6. The molecular formula is C15H26N4O. The van der Waals surface area contributed by atoms with Crippen molar-refractivity contribution in [2.75, 3.05) is 13.1 Å². The smallest absolute Gasteiger partial charge is 0.272 e. The normalized spacial score (nSPS) is 19.9. The van der Waals surface area contributed by atoms with Crippen LogP contribution in [0.2, 0.25) is 0 Å². The summed E-state index contributed by atoms with van der Waals surface area (Å²) in [5, 5.41) is 10.9. The van der Waals surface area contributed by atoms with Crippen LogP contribution in [0.5, 0.6) is 0 Å². The number of rotatable bonds is 5. The van der Waals surface area contributed by atoms with Gasteiger partial charge in [-0.1, -0.05) is 13.8 Å². The number of hydrogen-bond acceptors (Lipinski definition) is 3. The van der Waals surface area contributed by atoms with E-state index in [1.54, 1.807) is 0 Å². The fourth-order valence-corrected chi connectivity index (χ4v) is 2.49. The first-order chi connectivity index (χ1) is 9.58. The third kappa shape index (κ3) is 3.39. The molecule has 1 aliphatic heterocycles. The molecule has 1 fully saturated rings. The van der Waals surface area contributed by atoms with Gasteiger partial charge in [0.15, 0.2) is 0 Å². The summed E-state index contributed by atoms with van der Waals surface area (Å²) in [4.78, 5) is 12.3. The third-order valence-corrected chi connectivity index (χ3v) is 4.46. The highest BCUT2D eigenvalue weighted by molar-refractivity contribution is 5.92. The van der Waals surface area contributed by atoms with Crippen molar-refractivity contribution in [3.63, 3.8) is 0 Å². The lowest BCUT2D eigenvalue weighted by atomic mass is 9.95. The van der Waals surface area contributed by atoms with Crippen molar-refractivity contribution < 1.29 is 4.79 Å². The van der Waals surface area contributed by atoms with Crippen LogP contribution in [0.15, 0.2) is 12.3 Å². The Morgan fingerprint density at radius 1 is 1.55 bits per heavy atom. The van der Waals surface area contributed by atoms with Gasteiger partial charge in [0, 0.05) is 18.3 Å². The molecule has 5 nitrogen and oxygen atoms in total. The summed E-state index contributed by atoms with van der Waals surface area (Å²) in [5.41, 5.74) is 0.372. The molecule has 0 radical (unpaired) electrons. The number of hydrogen-bond donors (Lipinski definition) is 2. The zero-order valence-corrected chi connectivity index (χ0v) is 12.8. The van der Waals surface area contributed by atoms with Gasteiger partial charge >= 0.3 is 0 Å². The molecule has 1 aliphatic rings. The predicted molar refractivity (Wildman–Crippen MR) is 79.8 cm³/mol. The molecule has 0 spiro atoms. The van der Waals surface area contributed by atoms with Gasteiger partial charge in [-0.15, -0.1) is 0 Å². The standard InChI is InChI=1S/C15H26N4O/c1-4-15(3,5-2)17-14(20)13-8-10-19(18-13)12-7-6-9-16-11-12/h8,10,12,16H,4-7,9,11H2,1-3H3,(H,17,20). The topological polar surface area (TPSA) is 59.0 Å². The molecule has 5 heteroatoms. The van der Waals surface area contributed by atoms with Gasteiger partial charge in [0.1, 0.15) is 5.69 Å². The molecule has 112 valence electrons. The first-order valence-corrected chi connectivity index (χ1v) is 7.66. The van der Waals surface area contributed by atoms with Crippen LogP contribution in [0.1, 0.15) is 63.0 Å². The summed E-state index contributed by atoms with van der Waals surface area (Å²) in [7, 11) is 0. The Bertz CT molecular complexity index is 444. The van der Waals surface area contributed by atoms with E-state index in [2.05, 4.69) is 36.5 Å². The second-order valence-corrected chi connectivity index (χ2v) is 5.90. The van der Waals surface area contributed by atoms with Crippen LogP contribution in [0.3, 0.4) is 0 Å². The molecular weight excluding hydrogens is 252 g/mol. The third-order valence-electron chi connectivity index (χ3n) is 4.46. The minimum atomic E-state index is -0.146. The Balaban J connectivity index is 2.02. The minimum Gasteiger partial charge on any atom is -0.346 e. The minimum absolute atomic E-state index is 0.0706. The van der Waals surface area contributed by atoms with Crippen LogP contribution in [-0.4, -0.2) is 34.3 Å². The molecule has 1 aromatic rings. The highest BCUT2D eigenvalue weighted by Crippen LogP contribution is 2.17. The second kappa shape index (κ2) is 6.39. The maximum atomic E-state index is 12.3. The Morgan fingerprint density at radius 3 is 2.90 bits per heavy atom. The number of carbonyl (C=O) groups excluding carboxylic acids is 1. The number of nitrogens with zero attached hydrogens (tertiary/aromatic N) is 2. The lowest BCUT2D eigenvalue weighted by Crippen LogP contribution is -2.45. The average molecular weight is 278 g/mol. The van der Waals surface area contributed by atoms with E-state index in [0.29, 0.717) is 11.7 Å². The summed E-state index contributed by atoms with van der Waals surface area (Å²) in [6, 6.07) is 2.18. The van der Waals surface area contributed by atoms with E-state index in [1.165, 1.54) is 0 Å². The van der Waals surface area contributed by atoms with Crippen LogP contribution in [0.4, 0.5) is 0 Å². The first-order valence-electron chi connectivity index (χ1n) is 7.66. The summed E-state index contributed by atoms with van der Waals surface area (Å²) < 4.78 is 1.93. The number of amides is 1. The van der Waals surface area contributed by atoms with E-state index < -0.39 is 0 Å². The van der Waals surface area contributed by atoms with Crippen molar-refractivity contribution in [1.29, 1.82) is 0 Å². The van der Waals surface area contributed by atoms with Crippen molar-refractivity contribution in [3.05, 3.63) is 18.0 Å². The van der Waals surface area contributed by atoms with E-state index in [0.717, 1.165) is 38.8 Å². The largest absolute Gasteiger partial charge is 0.346 e. The van der Waals surface area contributed by atoms with Crippen LogP contribution >= 0.6 is 0 Å². The van der Waals surface area contributed by atoms with Crippen molar-refractivity contribution in [1.82, 2.24) is 20.4 Å². The van der Waals surface area contributed by atoms with Crippen LogP contribution in [0.25, 0.3) is 0 Å². The molecule has 0 aliphatic carbocycles. The van der Waals surface area contributed by atoms with Gasteiger partial charge < -0.3 is 10.6 Å². The van der Waals surface area contributed by atoms with Gasteiger partial charge in [-0.3, -0.25) is 9.48 Å². The number of piperidine rings is 1. The fraction of sp³-hybridized carbons (Fsp3) is 0.733. The van der Waals surface area contributed by atoms with E-state index in [1.807, 2.05) is 16.9 Å². The molecule has 0 aromatic carbocycles. The molecule has 0 saturated carbocycles. The number of aromatic nitrogens is 2. The van der Waals surface area contributed by atoms with Crippen molar-refractivity contribution in [2.24, 2.45) is 0 Å². The molecule has 2 rings (SSSR count). The maximum Gasteiger partial charge on any atom is 0.272 e. The van der Waals surface area contributed by atoms with Crippen LogP contribution < -0.4 is 10.6 Å². The van der Waals surface area contributed by atoms with Crippen molar-refractivity contribution >= 4 is 5.91 Å². The van der Waals surface area contributed by atoms with Gasteiger partial charge in [0.2, 0.25) is 0 Å². The molecule has 2 N–H and O–H groups in total. The van der Waals surface area contributed by atoms with Crippen molar-refractivity contribution in [2.45, 2.75) is 58.0 Å². The number of carbonyl (C=O) groups is 1. The quantitative estimate of drug-likeness (QED) is 0.867. The van der Waals surface area contributed by atoms with E-state index >= 15 is 0 Å². The number of nitrogens with one attached hydrogen (secondary N) is 2. The Hall–Kier alpha value is -1.36. The molecule has 1 amide bonds.